The van der Waals surface area contributed by atoms with Crippen LogP contribution in [0, 0.1) is 6.92 Å². The molecule has 0 unspecified atom stereocenters. The summed E-state index contributed by atoms with van der Waals surface area (Å²) in [5, 5.41) is 9.72. The van der Waals surface area contributed by atoms with Gasteiger partial charge in [0.25, 0.3) is 5.91 Å². The van der Waals surface area contributed by atoms with Gasteiger partial charge in [0.15, 0.2) is 0 Å². The molecule has 104 valence electrons. The van der Waals surface area contributed by atoms with E-state index >= 15 is 0 Å². The molecule has 0 spiro atoms. The van der Waals surface area contributed by atoms with Crippen molar-refractivity contribution in [2.75, 3.05) is 14.1 Å². The zero-order chi connectivity index (χ0) is 14.9. The Morgan fingerprint density at radius 1 is 1.17 bits per heavy atom. The normalized spacial score (nSPS) is 8.44. The average Bonchev–Trinajstić information content (AvgIpc) is 2.39. The van der Waals surface area contributed by atoms with Crippen LogP contribution < -0.4 is 0 Å². The number of amides is 1. The van der Waals surface area contributed by atoms with Crippen molar-refractivity contribution in [3.63, 3.8) is 0 Å². The van der Waals surface area contributed by atoms with Crippen LogP contribution >= 0.6 is 15.9 Å². The third-order valence-electron chi connectivity index (χ3n) is 1.95. The van der Waals surface area contributed by atoms with E-state index in [1.54, 1.807) is 33.2 Å². The summed E-state index contributed by atoms with van der Waals surface area (Å²) in [6.07, 6.45) is 0. The van der Waals surface area contributed by atoms with Gasteiger partial charge in [0.2, 0.25) is 0 Å². The van der Waals surface area contributed by atoms with Crippen molar-refractivity contribution < 1.29 is 9.90 Å². The van der Waals surface area contributed by atoms with E-state index in [2.05, 4.69) is 15.9 Å². The second-order valence-corrected chi connectivity index (χ2v) is 4.14. The van der Waals surface area contributed by atoms with Crippen LogP contribution in [0.3, 0.4) is 0 Å². The maximum Gasteiger partial charge on any atom is 0.258 e. The zero-order valence-electron chi connectivity index (χ0n) is 12.3. The number of carbonyl (C=O) groups is 1. The molecule has 1 aromatic carbocycles. The predicted molar refractivity (Wildman–Crippen MR) is 81.3 cm³/mol. The number of phenols is 1. The molecule has 0 fully saturated rings. The van der Waals surface area contributed by atoms with Crippen molar-refractivity contribution >= 4 is 21.8 Å². The fourth-order valence-corrected chi connectivity index (χ4v) is 1.59. The second-order valence-electron chi connectivity index (χ2n) is 3.29. The zero-order valence-corrected chi connectivity index (χ0v) is 13.9. The van der Waals surface area contributed by atoms with Crippen LogP contribution in [0.2, 0.25) is 0 Å². The molecular formula is C14H24BrNO2. The molecule has 0 aliphatic heterocycles. The number of nitrogens with zero attached hydrogens (tertiary/aromatic N) is 1. The number of phenolic OH excluding ortho intramolecular Hbond substituents is 1. The highest BCUT2D eigenvalue weighted by molar-refractivity contribution is 9.10. The molecule has 0 saturated heterocycles. The van der Waals surface area contributed by atoms with E-state index < -0.39 is 0 Å². The van der Waals surface area contributed by atoms with Crippen LogP contribution in [-0.4, -0.2) is 30.0 Å². The van der Waals surface area contributed by atoms with Gasteiger partial charge in [-0.3, -0.25) is 4.79 Å². The molecule has 0 aliphatic rings. The van der Waals surface area contributed by atoms with Crippen LogP contribution in [0.5, 0.6) is 5.75 Å². The maximum absolute atomic E-state index is 11.7. The van der Waals surface area contributed by atoms with Crippen LogP contribution in [-0.2, 0) is 0 Å². The Kier molecular flexibility index (Phi) is 10.7. The van der Waals surface area contributed by atoms with E-state index in [0.717, 1.165) is 0 Å². The number of rotatable bonds is 1. The molecule has 4 heteroatoms. The van der Waals surface area contributed by atoms with E-state index in [9.17, 15) is 9.90 Å². The predicted octanol–water partition coefficient (Wildman–Crippen LogP) is 4.22. The minimum absolute atomic E-state index is 0.0399. The second kappa shape index (κ2) is 9.95. The molecule has 0 bridgehead atoms. The highest BCUT2D eigenvalue weighted by atomic mass is 79.9. The standard InChI is InChI=1S/C10H12BrNO2.2C2H6/c1-6-4-5-7(11)8(9(6)13)10(14)12(2)3;2*1-2/h4-5,13H,1-3H3;2*1-2H3. The maximum atomic E-state index is 11.7. The third kappa shape index (κ3) is 5.08. The molecule has 0 atom stereocenters. The molecule has 0 saturated carbocycles. The molecule has 1 rings (SSSR count). The monoisotopic (exact) mass is 317 g/mol. The molecule has 0 aliphatic carbocycles. The molecule has 0 heterocycles. The summed E-state index contributed by atoms with van der Waals surface area (Å²) in [5.41, 5.74) is 1.01. The van der Waals surface area contributed by atoms with Crippen LogP contribution in [0.15, 0.2) is 16.6 Å². The van der Waals surface area contributed by atoms with Gasteiger partial charge >= 0.3 is 0 Å². The number of hydrogen-bond acceptors (Lipinski definition) is 2. The van der Waals surface area contributed by atoms with Crippen LogP contribution in [0.25, 0.3) is 0 Å². The Morgan fingerprint density at radius 2 is 1.61 bits per heavy atom. The summed E-state index contributed by atoms with van der Waals surface area (Å²) >= 11 is 3.24. The molecule has 0 aromatic heterocycles. The molecule has 3 nitrogen and oxygen atoms in total. The Labute approximate surface area is 119 Å². The Balaban J connectivity index is 0. The number of hydrogen-bond donors (Lipinski definition) is 1. The molecule has 0 radical (unpaired) electrons. The van der Waals surface area contributed by atoms with Gasteiger partial charge in [-0.1, -0.05) is 33.8 Å². The van der Waals surface area contributed by atoms with Gasteiger partial charge in [-0.2, -0.15) is 0 Å². The van der Waals surface area contributed by atoms with E-state index in [0.29, 0.717) is 15.6 Å². The Morgan fingerprint density at radius 3 is 2.00 bits per heavy atom. The molecular weight excluding hydrogens is 294 g/mol. The largest absolute Gasteiger partial charge is 0.507 e. The van der Waals surface area contributed by atoms with Gasteiger partial charge in [0.05, 0.1) is 5.56 Å². The van der Waals surface area contributed by atoms with Gasteiger partial charge < -0.3 is 10.0 Å². The average molecular weight is 318 g/mol. The van der Waals surface area contributed by atoms with Crippen molar-refractivity contribution in [1.29, 1.82) is 0 Å². The van der Waals surface area contributed by atoms with Crippen molar-refractivity contribution in [2.45, 2.75) is 34.6 Å². The first-order chi connectivity index (χ1) is 8.45. The van der Waals surface area contributed by atoms with Crippen molar-refractivity contribution in [3.05, 3.63) is 27.7 Å². The number of carbonyl (C=O) groups excluding carboxylic acids is 1. The van der Waals surface area contributed by atoms with Gasteiger partial charge in [0.1, 0.15) is 5.75 Å². The van der Waals surface area contributed by atoms with Crippen molar-refractivity contribution in [2.24, 2.45) is 0 Å². The van der Waals surface area contributed by atoms with Crippen molar-refractivity contribution in [3.8, 4) is 5.75 Å². The van der Waals surface area contributed by atoms with Crippen LogP contribution in [0.4, 0.5) is 0 Å². The molecule has 1 amide bonds. The van der Waals surface area contributed by atoms with E-state index in [4.69, 9.17) is 0 Å². The smallest absolute Gasteiger partial charge is 0.258 e. The minimum atomic E-state index is -0.210. The Hall–Kier alpha value is -1.03. The molecule has 1 aromatic rings. The van der Waals surface area contributed by atoms with Gasteiger partial charge in [0, 0.05) is 18.6 Å². The van der Waals surface area contributed by atoms with Crippen molar-refractivity contribution in [1.82, 2.24) is 4.90 Å². The number of aryl methyl sites for hydroxylation is 1. The highest BCUT2D eigenvalue weighted by Crippen LogP contribution is 2.29. The minimum Gasteiger partial charge on any atom is -0.507 e. The van der Waals surface area contributed by atoms with Gasteiger partial charge in [-0.15, -0.1) is 0 Å². The topological polar surface area (TPSA) is 40.5 Å². The first-order valence-corrected chi connectivity index (χ1v) is 6.94. The number of aromatic hydroxyl groups is 1. The fourth-order valence-electron chi connectivity index (χ4n) is 1.10. The van der Waals surface area contributed by atoms with E-state index in [1.165, 1.54) is 4.90 Å². The summed E-state index contributed by atoms with van der Waals surface area (Å²) in [6, 6.07) is 3.51. The summed E-state index contributed by atoms with van der Waals surface area (Å²) in [6.45, 7) is 9.76. The number of benzene rings is 1. The first kappa shape index (κ1) is 19.3. The van der Waals surface area contributed by atoms with Gasteiger partial charge in [-0.25, -0.2) is 0 Å². The molecule has 1 N–H and O–H groups in total. The molecule has 18 heavy (non-hydrogen) atoms. The SMILES string of the molecule is CC.CC.Cc1ccc(Br)c(C(=O)N(C)C)c1O. The lowest BCUT2D eigenvalue weighted by Crippen LogP contribution is -2.22. The number of halogens is 1. The van der Waals surface area contributed by atoms with Crippen LogP contribution in [0.1, 0.15) is 43.6 Å². The summed E-state index contributed by atoms with van der Waals surface area (Å²) in [4.78, 5) is 13.1. The lowest BCUT2D eigenvalue weighted by atomic mass is 10.1. The summed E-state index contributed by atoms with van der Waals surface area (Å²) in [5.74, 6) is -0.170. The van der Waals surface area contributed by atoms with Gasteiger partial charge in [-0.05, 0) is 34.5 Å². The van der Waals surface area contributed by atoms with E-state index in [1.807, 2.05) is 27.7 Å². The Bertz CT molecular complexity index is 376. The summed E-state index contributed by atoms with van der Waals surface area (Å²) < 4.78 is 0.610. The summed E-state index contributed by atoms with van der Waals surface area (Å²) in [7, 11) is 3.30. The third-order valence-corrected chi connectivity index (χ3v) is 2.61. The highest BCUT2D eigenvalue weighted by Gasteiger charge is 2.18. The van der Waals surface area contributed by atoms with E-state index in [-0.39, 0.29) is 11.7 Å². The first-order valence-electron chi connectivity index (χ1n) is 6.15. The lowest BCUT2D eigenvalue weighted by Gasteiger charge is -2.14. The fraction of sp³-hybridized carbons (Fsp3) is 0.500. The lowest BCUT2D eigenvalue weighted by molar-refractivity contribution is 0.0823. The quantitative estimate of drug-likeness (QED) is 0.842.